The molecule has 33 heavy (non-hydrogen) atoms. The Balaban J connectivity index is 1.35. The standard InChI is InChI=1S/C24H31N7OS/c1-25-28-23-11-22-19(10-18(23)9-17-12-26-29(2)13-17)14-31(24(32)27-22)20-5-3-7-30(15-20)16-21-6-4-8-33-21/h4,6,8,10-13,20,25,28H,3,5,7,9,14-16H2,1-2H3,(H,27,32)/t20-/m1/s1. The maximum Gasteiger partial charge on any atom is 0.322 e. The van der Waals surface area contributed by atoms with E-state index in [2.05, 4.69) is 49.7 Å². The number of benzene rings is 1. The summed E-state index contributed by atoms with van der Waals surface area (Å²) in [5, 5.41) is 9.58. The Morgan fingerprint density at radius 2 is 2.24 bits per heavy atom. The first-order valence-corrected chi connectivity index (χ1v) is 12.4. The first-order valence-electron chi connectivity index (χ1n) is 11.5. The van der Waals surface area contributed by atoms with E-state index in [1.54, 1.807) is 11.3 Å². The van der Waals surface area contributed by atoms with Gasteiger partial charge in [-0.3, -0.25) is 9.58 Å². The van der Waals surface area contributed by atoms with E-state index < -0.39 is 0 Å². The highest BCUT2D eigenvalue weighted by Gasteiger charge is 2.32. The normalized spacial score (nSPS) is 18.8. The van der Waals surface area contributed by atoms with Crippen molar-refractivity contribution >= 4 is 28.7 Å². The van der Waals surface area contributed by atoms with Gasteiger partial charge >= 0.3 is 6.03 Å². The minimum absolute atomic E-state index is 0.000825. The molecule has 9 heteroatoms. The fourth-order valence-corrected chi connectivity index (χ4v) is 5.66. The molecule has 174 valence electrons. The van der Waals surface area contributed by atoms with Crippen LogP contribution in [0, 0.1) is 0 Å². The highest BCUT2D eigenvalue weighted by Crippen LogP contribution is 2.33. The Kier molecular flexibility index (Phi) is 6.34. The van der Waals surface area contributed by atoms with Crippen LogP contribution in [-0.4, -0.2) is 51.8 Å². The Morgan fingerprint density at radius 3 is 3.00 bits per heavy atom. The predicted molar refractivity (Wildman–Crippen MR) is 132 cm³/mol. The van der Waals surface area contributed by atoms with Crippen LogP contribution in [0.5, 0.6) is 0 Å². The first kappa shape index (κ1) is 21.9. The fourth-order valence-electron chi connectivity index (χ4n) is 4.91. The number of likely N-dealkylation sites (tertiary alicyclic amines) is 1. The molecule has 1 atom stereocenters. The number of hydrogen-bond donors (Lipinski definition) is 3. The molecule has 1 fully saturated rings. The molecule has 5 rings (SSSR count). The van der Waals surface area contributed by atoms with Gasteiger partial charge in [0.05, 0.1) is 11.9 Å². The topological polar surface area (TPSA) is 77.5 Å². The third-order valence-electron chi connectivity index (χ3n) is 6.47. The molecule has 3 aromatic rings. The number of rotatable bonds is 7. The molecule has 3 N–H and O–H groups in total. The summed E-state index contributed by atoms with van der Waals surface area (Å²) in [5.74, 6) is 0. The Bertz CT molecular complexity index is 1110. The van der Waals surface area contributed by atoms with Gasteiger partial charge in [-0.25, -0.2) is 10.2 Å². The van der Waals surface area contributed by atoms with Crippen molar-refractivity contribution in [2.75, 3.05) is 30.9 Å². The number of piperidine rings is 1. The van der Waals surface area contributed by atoms with Gasteiger partial charge in [-0.1, -0.05) is 6.07 Å². The van der Waals surface area contributed by atoms with Gasteiger partial charge in [-0.05, 0) is 59.7 Å². The van der Waals surface area contributed by atoms with Gasteiger partial charge in [0.1, 0.15) is 0 Å². The zero-order chi connectivity index (χ0) is 22.8. The lowest BCUT2D eigenvalue weighted by Crippen LogP contribution is -2.52. The van der Waals surface area contributed by atoms with Crippen LogP contribution in [0.25, 0.3) is 0 Å². The second kappa shape index (κ2) is 9.54. The Morgan fingerprint density at radius 1 is 1.33 bits per heavy atom. The lowest BCUT2D eigenvalue weighted by molar-refractivity contribution is 0.108. The maximum absolute atomic E-state index is 13.1. The minimum Gasteiger partial charge on any atom is -0.321 e. The summed E-state index contributed by atoms with van der Waals surface area (Å²) in [5.41, 5.74) is 11.6. The van der Waals surface area contributed by atoms with Crippen molar-refractivity contribution in [2.45, 2.75) is 38.4 Å². The summed E-state index contributed by atoms with van der Waals surface area (Å²) in [6, 6.07) is 8.79. The van der Waals surface area contributed by atoms with E-state index in [4.69, 9.17) is 0 Å². The third-order valence-corrected chi connectivity index (χ3v) is 7.33. The number of aryl methyl sites for hydroxylation is 1. The molecule has 1 saturated heterocycles. The molecule has 8 nitrogen and oxygen atoms in total. The summed E-state index contributed by atoms with van der Waals surface area (Å²) in [7, 11) is 3.78. The smallest absolute Gasteiger partial charge is 0.321 e. The molecule has 1 aromatic carbocycles. The lowest BCUT2D eigenvalue weighted by atomic mass is 9.98. The number of carbonyl (C=O) groups excluding carboxylic acids is 1. The van der Waals surface area contributed by atoms with Crippen LogP contribution in [0.1, 0.15) is 34.4 Å². The highest BCUT2D eigenvalue weighted by molar-refractivity contribution is 7.09. The van der Waals surface area contributed by atoms with E-state index in [0.717, 1.165) is 61.4 Å². The van der Waals surface area contributed by atoms with E-state index in [0.29, 0.717) is 6.54 Å². The maximum atomic E-state index is 13.1. The Labute approximate surface area is 198 Å². The van der Waals surface area contributed by atoms with Crippen molar-refractivity contribution in [3.8, 4) is 0 Å². The molecule has 0 aliphatic carbocycles. The number of hydrazine groups is 1. The number of anilines is 2. The molecule has 0 radical (unpaired) electrons. The van der Waals surface area contributed by atoms with E-state index >= 15 is 0 Å². The molecule has 2 aliphatic rings. The fraction of sp³-hybridized carbons (Fsp3) is 0.417. The molecule has 0 saturated carbocycles. The van der Waals surface area contributed by atoms with Crippen LogP contribution in [-0.2, 0) is 26.6 Å². The largest absolute Gasteiger partial charge is 0.322 e. The summed E-state index contributed by atoms with van der Waals surface area (Å²) in [4.78, 5) is 19.0. The van der Waals surface area contributed by atoms with Crippen molar-refractivity contribution < 1.29 is 4.79 Å². The number of urea groups is 1. The molecular weight excluding hydrogens is 434 g/mol. The third kappa shape index (κ3) is 4.90. The molecule has 2 aliphatic heterocycles. The monoisotopic (exact) mass is 465 g/mol. The molecule has 0 unspecified atom stereocenters. The molecule has 2 aromatic heterocycles. The molecular formula is C24H31N7OS. The number of hydrogen-bond acceptors (Lipinski definition) is 6. The van der Waals surface area contributed by atoms with E-state index in [1.165, 1.54) is 10.4 Å². The van der Waals surface area contributed by atoms with Crippen LogP contribution >= 0.6 is 11.3 Å². The average Bonchev–Trinajstić information content (AvgIpc) is 3.46. The van der Waals surface area contributed by atoms with Crippen molar-refractivity contribution in [2.24, 2.45) is 7.05 Å². The zero-order valence-corrected chi connectivity index (χ0v) is 20.0. The van der Waals surface area contributed by atoms with Gasteiger partial charge in [0.25, 0.3) is 0 Å². The Hall–Kier alpha value is -2.88. The number of thiophene rings is 1. The minimum atomic E-state index is 0.000825. The number of nitrogens with one attached hydrogen (secondary N) is 3. The van der Waals surface area contributed by atoms with Crippen LogP contribution in [0.15, 0.2) is 42.0 Å². The van der Waals surface area contributed by atoms with Gasteiger partial charge in [0.15, 0.2) is 0 Å². The van der Waals surface area contributed by atoms with Crippen LogP contribution in [0.3, 0.4) is 0 Å². The molecule has 2 amide bonds. The van der Waals surface area contributed by atoms with Gasteiger partial charge in [0, 0.05) is 63.0 Å². The molecule has 4 heterocycles. The molecule has 0 bridgehead atoms. The number of carbonyl (C=O) groups is 1. The van der Waals surface area contributed by atoms with Gasteiger partial charge in [-0.15, -0.1) is 11.3 Å². The SMILES string of the molecule is CNNc1cc2c(cc1Cc1cnn(C)c1)CN([C@@H]1CCCN(Cc3cccs3)C1)C(=O)N2. The van der Waals surface area contributed by atoms with Crippen molar-refractivity contribution in [3.05, 3.63) is 63.6 Å². The second-order valence-corrected chi connectivity index (χ2v) is 9.94. The van der Waals surface area contributed by atoms with Crippen molar-refractivity contribution in [3.63, 3.8) is 0 Å². The van der Waals surface area contributed by atoms with Gasteiger partial charge < -0.3 is 15.6 Å². The van der Waals surface area contributed by atoms with Crippen LogP contribution in [0.2, 0.25) is 0 Å². The van der Waals surface area contributed by atoms with Crippen LogP contribution < -0.4 is 16.2 Å². The summed E-state index contributed by atoms with van der Waals surface area (Å²) in [6.45, 7) is 3.62. The highest BCUT2D eigenvalue weighted by atomic mass is 32.1. The average molecular weight is 466 g/mol. The van der Waals surface area contributed by atoms with Gasteiger partial charge in [-0.2, -0.15) is 5.10 Å². The number of aromatic nitrogens is 2. The predicted octanol–water partition coefficient (Wildman–Crippen LogP) is 3.63. The number of fused-ring (bicyclic) bond motifs is 1. The second-order valence-electron chi connectivity index (χ2n) is 8.91. The lowest BCUT2D eigenvalue weighted by Gasteiger charge is -2.41. The van der Waals surface area contributed by atoms with Gasteiger partial charge in [0.2, 0.25) is 0 Å². The summed E-state index contributed by atoms with van der Waals surface area (Å²) >= 11 is 1.80. The van der Waals surface area contributed by atoms with Crippen molar-refractivity contribution in [1.82, 2.24) is 25.0 Å². The summed E-state index contributed by atoms with van der Waals surface area (Å²) < 4.78 is 1.83. The van der Waals surface area contributed by atoms with E-state index in [-0.39, 0.29) is 12.1 Å². The molecule has 0 spiro atoms. The van der Waals surface area contributed by atoms with E-state index in [1.807, 2.05) is 42.1 Å². The zero-order valence-electron chi connectivity index (χ0n) is 19.2. The quantitative estimate of drug-likeness (QED) is 0.465. The summed E-state index contributed by atoms with van der Waals surface area (Å²) in [6.07, 6.45) is 6.88. The van der Waals surface area contributed by atoms with Crippen LogP contribution in [0.4, 0.5) is 16.2 Å². The number of nitrogens with zero attached hydrogens (tertiary/aromatic N) is 4. The number of amides is 2. The van der Waals surface area contributed by atoms with Crippen molar-refractivity contribution in [1.29, 1.82) is 0 Å². The first-order chi connectivity index (χ1) is 16.1. The van der Waals surface area contributed by atoms with E-state index in [9.17, 15) is 4.79 Å².